The maximum atomic E-state index is 7.23. The lowest BCUT2D eigenvalue weighted by Gasteiger charge is -2.08. The number of aromatic nitrogens is 1. The second-order valence-corrected chi connectivity index (χ2v) is 4.51. The van der Waals surface area contributed by atoms with E-state index >= 15 is 0 Å². The summed E-state index contributed by atoms with van der Waals surface area (Å²) in [4.78, 5) is 3.92. The van der Waals surface area contributed by atoms with Gasteiger partial charge in [-0.3, -0.25) is 10.4 Å². The number of pyridine rings is 1. The highest BCUT2D eigenvalue weighted by atomic mass is 35.5. The summed E-state index contributed by atoms with van der Waals surface area (Å²) in [5.41, 5.74) is 7.23. The highest BCUT2D eigenvalue weighted by Crippen LogP contribution is 2.18. The van der Waals surface area contributed by atoms with E-state index in [1.165, 1.54) is 0 Å². The zero-order valence-corrected chi connectivity index (χ0v) is 11.0. The number of nitrogens with two attached hydrogens (primary N) is 1. The Morgan fingerprint density at radius 1 is 1.26 bits per heavy atom. The molecule has 3 N–H and O–H groups in total. The normalized spacial score (nSPS) is 10.2. The third-order valence-electron chi connectivity index (χ3n) is 2.57. The van der Waals surface area contributed by atoms with Crippen LogP contribution in [-0.2, 0) is 13.0 Å². The van der Waals surface area contributed by atoms with Crippen molar-refractivity contribution < 1.29 is 4.74 Å². The van der Waals surface area contributed by atoms with Crippen LogP contribution in [0.3, 0.4) is 0 Å². The van der Waals surface area contributed by atoms with E-state index in [4.69, 9.17) is 27.5 Å². The van der Waals surface area contributed by atoms with Gasteiger partial charge < -0.3 is 10.5 Å². The van der Waals surface area contributed by atoms with E-state index in [9.17, 15) is 0 Å². The van der Waals surface area contributed by atoms with Gasteiger partial charge in [-0.15, -0.1) is 0 Å². The molecular formula is C14H14ClN3O. The van der Waals surface area contributed by atoms with E-state index in [1.807, 2.05) is 30.3 Å². The summed E-state index contributed by atoms with van der Waals surface area (Å²) < 4.78 is 5.64. The average Bonchev–Trinajstić information content (AvgIpc) is 2.39. The van der Waals surface area contributed by atoms with Crippen LogP contribution in [0.4, 0.5) is 0 Å². The van der Waals surface area contributed by atoms with E-state index in [1.54, 1.807) is 12.4 Å². The molecule has 0 unspecified atom stereocenters. The highest BCUT2D eigenvalue weighted by Gasteiger charge is 2.01. The number of amidine groups is 1. The Balaban J connectivity index is 1.97. The summed E-state index contributed by atoms with van der Waals surface area (Å²) in [5, 5.41) is 7.82. The summed E-state index contributed by atoms with van der Waals surface area (Å²) >= 11 is 5.99. The molecule has 19 heavy (non-hydrogen) atoms. The largest absolute Gasteiger partial charge is 0.489 e. The van der Waals surface area contributed by atoms with Crippen LogP contribution < -0.4 is 10.5 Å². The molecule has 0 aliphatic carbocycles. The molecule has 98 valence electrons. The molecule has 0 bridgehead atoms. The smallest absolute Gasteiger partial charge is 0.119 e. The average molecular weight is 276 g/mol. The lowest BCUT2D eigenvalue weighted by atomic mass is 10.1. The molecule has 0 aliphatic heterocycles. The Morgan fingerprint density at radius 2 is 2.00 bits per heavy atom. The minimum absolute atomic E-state index is 0.150. The van der Waals surface area contributed by atoms with Crippen LogP contribution in [0.15, 0.2) is 42.7 Å². The van der Waals surface area contributed by atoms with E-state index in [-0.39, 0.29) is 5.84 Å². The van der Waals surface area contributed by atoms with Crippen molar-refractivity contribution in [2.24, 2.45) is 5.73 Å². The molecule has 0 spiro atoms. The highest BCUT2D eigenvalue weighted by molar-refractivity contribution is 6.31. The van der Waals surface area contributed by atoms with Crippen LogP contribution in [0, 0.1) is 5.41 Å². The molecule has 0 atom stereocenters. The first-order chi connectivity index (χ1) is 9.15. The Kier molecular flexibility index (Phi) is 4.36. The zero-order valence-electron chi connectivity index (χ0n) is 10.3. The number of benzene rings is 1. The lowest BCUT2D eigenvalue weighted by Crippen LogP contribution is -2.12. The summed E-state index contributed by atoms with van der Waals surface area (Å²) in [7, 11) is 0. The molecular weight excluding hydrogens is 262 g/mol. The van der Waals surface area contributed by atoms with Crippen molar-refractivity contribution in [3.05, 3.63) is 58.9 Å². The monoisotopic (exact) mass is 275 g/mol. The molecule has 2 aromatic rings. The second-order valence-electron chi connectivity index (χ2n) is 4.10. The van der Waals surface area contributed by atoms with Gasteiger partial charge in [0.25, 0.3) is 0 Å². The first kappa shape index (κ1) is 13.4. The van der Waals surface area contributed by atoms with Gasteiger partial charge >= 0.3 is 0 Å². The van der Waals surface area contributed by atoms with Gasteiger partial charge in [0.2, 0.25) is 0 Å². The predicted molar refractivity (Wildman–Crippen MR) is 75.6 cm³/mol. The fraction of sp³-hybridized carbons (Fsp3) is 0.143. The maximum absolute atomic E-state index is 7.23. The number of rotatable bonds is 5. The minimum Gasteiger partial charge on any atom is -0.489 e. The third kappa shape index (κ3) is 3.96. The Labute approximate surface area is 116 Å². The molecule has 0 radical (unpaired) electrons. The standard InChI is InChI=1S/C14H14ClN3O/c15-13-8-18-6-5-11(13)9-19-12-3-1-10(2-4-12)7-14(16)17/h1-6,8H,7,9H2,(H3,16,17). The third-order valence-corrected chi connectivity index (χ3v) is 2.91. The van der Waals surface area contributed by atoms with Gasteiger partial charge in [-0.05, 0) is 23.8 Å². The number of halogens is 1. The molecule has 0 amide bonds. The summed E-state index contributed by atoms with van der Waals surface area (Å²) in [6, 6.07) is 9.32. The topological polar surface area (TPSA) is 72.0 Å². The Hall–Kier alpha value is -2.07. The number of hydrogen-bond donors (Lipinski definition) is 2. The fourth-order valence-electron chi connectivity index (χ4n) is 1.61. The van der Waals surface area contributed by atoms with E-state index < -0.39 is 0 Å². The Bertz CT molecular complexity index is 569. The van der Waals surface area contributed by atoms with Crippen molar-refractivity contribution in [3.8, 4) is 5.75 Å². The molecule has 4 nitrogen and oxygen atoms in total. The van der Waals surface area contributed by atoms with Crippen molar-refractivity contribution in [1.29, 1.82) is 5.41 Å². The molecule has 1 aromatic carbocycles. The molecule has 0 saturated carbocycles. The van der Waals surface area contributed by atoms with Crippen LogP contribution in [-0.4, -0.2) is 10.8 Å². The maximum Gasteiger partial charge on any atom is 0.119 e. The van der Waals surface area contributed by atoms with Gasteiger partial charge in [-0.2, -0.15) is 0 Å². The van der Waals surface area contributed by atoms with Gasteiger partial charge in [0.15, 0.2) is 0 Å². The molecule has 1 heterocycles. The lowest BCUT2D eigenvalue weighted by molar-refractivity contribution is 0.306. The molecule has 0 saturated heterocycles. The summed E-state index contributed by atoms with van der Waals surface area (Å²) in [6.07, 6.45) is 3.73. The molecule has 1 aromatic heterocycles. The quantitative estimate of drug-likeness (QED) is 0.651. The van der Waals surface area contributed by atoms with Gasteiger partial charge in [0, 0.05) is 24.4 Å². The van der Waals surface area contributed by atoms with Crippen LogP contribution in [0.2, 0.25) is 5.02 Å². The number of nitrogens with zero attached hydrogens (tertiary/aromatic N) is 1. The van der Waals surface area contributed by atoms with E-state index in [0.29, 0.717) is 18.1 Å². The van der Waals surface area contributed by atoms with Gasteiger partial charge in [0.1, 0.15) is 12.4 Å². The number of ether oxygens (including phenoxy) is 1. The van der Waals surface area contributed by atoms with Gasteiger partial charge in [0.05, 0.1) is 10.9 Å². The van der Waals surface area contributed by atoms with Crippen LogP contribution >= 0.6 is 11.6 Å². The number of hydrogen-bond acceptors (Lipinski definition) is 3. The minimum atomic E-state index is 0.150. The van der Waals surface area contributed by atoms with Crippen LogP contribution in [0.1, 0.15) is 11.1 Å². The van der Waals surface area contributed by atoms with Crippen molar-refractivity contribution in [3.63, 3.8) is 0 Å². The second kappa shape index (κ2) is 6.20. The SMILES string of the molecule is N=C(N)Cc1ccc(OCc2ccncc2Cl)cc1. The predicted octanol–water partition coefficient (Wildman–Crippen LogP) is 2.79. The van der Waals surface area contributed by atoms with Crippen molar-refractivity contribution in [1.82, 2.24) is 4.98 Å². The Morgan fingerprint density at radius 3 is 2.63 bits per heavy atom. The number of nitrogens with one attached hydrogen (secondary N) is 1. The first-order valence-corrected chi connectivity index (χ1v) is 6.16. The van der Waals surface area contributed by atoms with E-state index in [2.05, 4.69) is 4.98 Å². The zero-order chi connectivity index (χ0) is 13.7. The van der Waals surface area contributed by atoms with Crippen molar-refractivity contribution in [2.75, 3.05) is 0 Å². The van der Waals surface area contributed by atoms with Crippen LogP contribution in [0.5, 0.6) is 5.75 Å². The molecule has 0 aliphatic rings. The first-order valence-electron chi connectivity index (χ1n) is 5.78. The fourth-order valence-corrected chi connectivity index (χ4v) is 1.78. The van der Waals surface area contributed by atoms with Crippen LogP contribution in [0.25, 0.3) is 0 Å². The molecule has 0 fully saturated rings. The van der Waals surface area contributed by atoms with E-state index in [0.717, 1.165) is 16.9 Å². The summed E-state index contributed by atoms with van der Waals surface area (Å²) in [5.74, 6) is 0.900. The van der Waals surface area contributed by atoms with Gasteiger partial charge in [-0.25, -0.2) is 0 Å². The van der Waals surface area contributed by atoms with Crippen molar-refractivity contribution >= 4 is 17.4 Å². The molecule has 5 heteroatoms. The van der Waals surface area contributed by atoms with Crippen molar-refractivity contribution in [2.45, 2.75) is 13.0 Å². The summed E-state index contributed by atoms with van der Waals surface area (Å²) in [6.45, 7) is 0.396. The molecule has 2 rings (SSSR count). The van der Waals surface area contributed by atoms with Gasteiger partial charge in [-0.1, -0.05) is 23.7 Å².